The van der Waals surface area contributed by atoms with Gasteiger partial charge >= 0.3 is 0 Å². The van der Waals surface area contributed by atoms with Crippen LogP contribution in [0.15, 0.2) is 30.3 Å². The van der Waals surface area contributed by atoms with Crippen LogP contribution in [0.3, 0.4) is 0 Å². The van der Waals surface area contributed by atoms with Crippen molar-refractivity contribution in [2.24, 2.45) is 0 Å². The van der Waals surface area contributed by atoms with Crippen molar-refractivity contribution in [3.63, 3.8) is 0 Å². The minimum atomic E-state index is -0.620. The Bertz CT molecular complexity index is 324. The fraction of sp³-hybridized carbons (Fsp3) is 0.538. The molecule has 0 spiro atoms. The predicted molar refractivity (Wildman–Crippen MR) is 65.2 cm³/mol. The molecule has 3 nitrogen and oxygen atoms in total. The van der Waals surface area contributed by atoms with Gasteiger partial charge in [-0.3, -0.25) is 4.90 Å². The number of nitrogens with zero attached hydrogens (tertiary/aromatic N) is 1. The van der Waals surface area contributed by atoms with Crippen LogP contribution in [0.2, 0.25) is 0 Å². The molecule has 0 bridgehead atoms. The Labute approximate surface area is 97.1 Å². The largest absolute Gasteiger partial charge is 0.388 e. The number of hydrogen-bond donors (Lipinski definition) is 2. The minimum Gasteiger partial charge on any atom is -0.388 e. The molecule has 88 valence electrons. The van der Waals surface area contributed by atoms with Gasteiger partial charge in [0.25, 0.3) is 0 Å². The van der Waals surface area contributed by atoms with Gasteiger partial charge in [-0.05, 0) is 12.5 Å². The van der Waals surface area contributed by atoms with E-state index < -0.39 is 5.60 Å². The molecule has 16 heavy (non-hydrogen) atoms. The molecular weight excluding hydrogens is 200 g/mol. The van der Waals surface area contributed by atoms with E-state index in [1.165, 1.54) is 5.56 Å². The molecule has 0 radical (unpaired) electrons. The van der Waals surface area contributed by atoms with E-state index in [1.54, 1.807) is 0 Å². The SMILES string of the molecule is CC1(O)CNCCN(Cc2ccccc2)C1. The molecule has 3 heteroatoms. The third-order valence-electron chi connectivity index (χ3n) is 2.92. The van der Waals surface area contributed by atoms with Crippen LogP contribution in [0, 0.1) is 0 Å². The highest BCUT2D eigenvalue weighted by atomic mass is 16.3. The van der Waals surface area contributed by atoms with Crippen LogP contribution < -0.4 is 5.32 Å². The van der Waals surface area contributed by atoms with Gasteiger partial charge in [0, 0.05) is 32.7 Å². The first-order chi connectivity index (χ1) is 7.66. The second kappa shape index (κ2) is 4.95. The number of β-amino-alcohol motifs (C(OH)–C–C–N with tert-alkyl or cyclic N) is 1. The molecule has 1 aliphatic rings. The van der Waals surface area contributed by atoms with Crippen LogP contribution >= 0.6 is 0 Å². The smallest absolute Gasteiger partial charge is 0.0869 e. The standard InChI is InChI=1S/C13H20N2O/c1-13(16)10-14-7-8-15(11-13)9-12-5-3-2-4-6-12/h2-6,14,16H,7-11H2,1H3. The van der Waals surface area contributed by atoms with Crippen molar-refractivity contribution in [1.82, 2.24) is 10.2 Å². The van der Waals surface area contributed by atoms with Crippen LogP contribution in [0.1, 0.15) is 12.5 Å². The molecule has 2 rings (SSSR count). The summed E-state index contributed by atoms with van der Waals surface area (Å²) in [5.41, 5.74) is 0.686. The first-order valence-corrected chi connectivity index (χ1v) is 5.85. The summed E-state index contributed by atoms with van der Waals surface area (Å²) in [6.07, 6.45) is 0. The van der Waals surface area contributed by atoms with Gasteiger partial charge in [0.1, 0.15) is 0 Å². The average molecular weight is 220 g/mol. The summed E-state index contributed by atoms with van der Waals surface area (Å²) in [7, 11) is 0. The molecule has 1 unspecified atom stereocenters. The minimum absolute atomic E-state index is 0.620. The highest BCUT2D eigenvalue weighted by Gasteiger charge is 2.26. The van der Waals surface area contributed by atoms with Crippen molar-refractivity contribution >= 4 is 0 Å². The van der Waals surface area contributed by atoms with Crippen molar-refractivity contribution in [2.45, 2.75) is 19.1 Å². The lowest BCUT2D eigenvalue weighted by Crippen LogP contribution is -2.43. The lowest BCUT2D eigenvalue weighted by Gasteiger charge is -2.27. The van der Waals surface area contributed by atoms with E-state index in [1.807, 2.05) is 13.0 Å². The molecule has 1 saturated heterocycles. The van der Waals surface area contributed by atoms with Gasteiger partial charge < -0.3 is 10.4 Å². The molecule has 0 amide bonds. The van der Waals surface area contributed by atoms with E-state index in [2.05, 4.69) is 34.5 Å². The van der Waals surface area contributed by atoms with E-state index in [0.29, 0.717) is 6.54 Å². The van der Waals surface area contributed by atoms with Crippen molar-refractivity contribution < 1.29 is 5.11 Å². The quantitative estimate of drug-likeness (QED) is 0.775. The maximum Gasteiger partial charge on any atom is 0.0869 e. The highest BCUT2D eigenvalue weighted by molar-refractivity contribution is 5.14. The molecule has 1 aliphatic heterocycles. The zero-order valence-electron chi connectivity index (χ0n) is 9.82. The first-order valence-electron chi connectivity index (χ1n) is 5.85. The maximum atomic E-state index is 10.1. The van der Waals surface area contributed by atoms with Crippen molar-refractivity contribution in [1.29, 1.82) is 0 Å². The van der Waals surface area contributed by atoms with Crippen LogP contribution in [0.5, 0.6) is 0 Å². The molecular formula is C13H20N2O. The Balaban J connectivity index is 1.98. The summed E-state index contributed by atoms with van der Waals surface area (Å²) in [4.78, 5) is 2.30. The number of hydrogen-bond acceptors (Lipinski definition) is 3. The third-order valence-corrected chi connectivity index (χ3v) is 2.92. The zero-order valence-corrected chi connectivity index (χ0v) is 9.82. The van der Waals surface area contributed by atoms with Gasteiger partial charge in [0.2, 0.25) is 0 Å². The van der Waals surface area contributed by atoms with Gasteiger partial charge in [-0.25, -0.2) is 0 Å². The number of aliphatic hydroxyl groups is 1. The fourth-order valence-corrected chi connectivity index (χ4v) is 2.19. The summed E-state index contributed by atoms with van der Waals surface area (Å²) < 4.78 is 0. The average Bonchev–Trinajstić information content (AvgIpc) is 2.40. The summed E-state index contributed by atoms with van der Waals surface area (Å²) in [5.74, 6) is 0. The summed E-state index contributed by atoms with van der Waals surface area (Å²) in [6.45, 7) is 6.16. The molecule has 2 N–H and O–H groups in total. The van der Waals surface area contributed by atoms with Crippen LogP contribution in [-0.4, -0.2) is 41.8 Å². The fourth-order valence-electron chi connectivity index (χ4n) is 2.19. The lowest BCUT2D eigenvalue weighted by molar-refractivity contribution is 0.0321. The zero-order chi connectivity index (χ0) is 11.4. The lowest BCUT2D eigenvalue weighted by atomic mass is 10.1. The normalized spacial score (nSPS) is 27.6. The van der Waals surface area contributed by atoms with E-state index in [-0.39, 0.29) is 0 Å². The van der Waals surface area contributed by atoms with Crippen molar-refractivity contribution in [3.8, 4) is 0 Å². The summed E-state index contributed by atoms with van der Waals surface area (Å²) in [5, 5.41) is 13.4. The van der Waals surface area contributed by atoms with Crippen LogP contribution in [-0.2, 0) is 6.54 Å². The molecule has 0 aromatic heterocycles. The van der Waals surface area contributed by atoms with Crippen LogP contribution in [0.25, 0.3) is 0 Å². The molecule has 1 aromatic carbocycles. The van der Waals surface area contributed by atoms with Gasteiger partial charge in [-0.1, -0.05) is 30.3 Å². The van der Waals surface area contributed by atoms with Gasteiger partial charge in [0.15, 0.2) is 0 Å². The topological polar surface area (TPSA) is 35.5 Å². The number of benzene rings is 1. The Morgan fingerprint density at radius 3 is 2.88 bits per heavy atom. The predicted octanol–water partition coefficient (Wildman–Crippen LogP) is 0.843. The van der Waals surface area contributed by atoms with Gasteiger partial charge in [-0.2, -0.15) is 0 Å². The number of nitrogens with one attached hydrogen (secondary N) is 1. The van der Waals surface area contributed by atoms with E-state index >= 15 is 0 Å². The Morgan fingerprint density at radius 1 is 1.38 bits per heavy atom. The molecule has 0 saturated carbocycles. The van der Waals surface area contributed by atoms with E-state index in [4.69, 9.17) is 0 Å². The number of rotatable bonds is 2. The van der Waals surface area contributed by atoms with Crippen LogP contribution in [0.4, 0.5) is 0 Å². The second-order valence-corrected chi connectivity index (χ2v) is 4.87. The maximum absolute atomic E-state index is 10.1. The molecule has 1 fully saturated rings. The summed E-state index contributed by atoms with van der Waals surface area (Å²) in [6, 6.07) is 10.4. The molecule has 1 heterocycles. The Kier molecular flexibility index (Phi) is 3.59. The van der Waals surface area contributed by atoms with Gasteiger partial charge in [0.05, 0.1) is 5.60 Å². The first kappa shape index (κ1) is 11.6. The third kappa shape index (κ3) is 3.30. The van der Waals surface area contributed by atoms with E-state index in [9.17, 15) is 5.11 Å². The van der Waals surface area contributed by atoms with E-state index in [0.717, 1.165) is 26.2 Å². The molecule has 1 aromatic rings. The molecule has 1 atom stereocenters. The van der Waals surface area contributed by atoms with Crippen molar-refractivity contribution in [2.75, 3.05) is 26.2 Å². The summed E-state index contributed by atoms with van der Waals surface area (Å²) >= 11 is 0. The highest BCUT2D eigenvalue weighted by Crippen LogP contribution is 2.11. The monoisotopic (exact) mass is 220 g/mol. The second-order valence-electron chi connectivity index (χ2n) is 4.87. The molecule has 0 aliphatic carbocycles. The van der Waals surface area contributed by atoms with Gasteiger partial charge in [-0.15, -0.1) is 0 Å². The van der Waals surface area contributed by atoms with Crippen molar-refractivity contribution in [3.05, 3.63) is 35.9 Å². The Hall–Kier alpha value is -0.900. The Morgan fingerprint density at radius 2 is 2.12 bits per heavy atom.